The van der Waals surface area contributed by atoms with Crippen molar-refractivity contribution in [1.82, 2.24) is 0 Å². The number of fused-ring (bicyclic) bond motifs is 1. The molecule has 1 spiro atoms. The average Bonchev–Trinajstić information content (AvgIpc) is 3.32. The molecule has 2 atom stereocenters. The first-order valence-electron chi connectivity index (χ1n) is 13.3. The summed E-state index contributed by atoms with van der Waals surface area (Å²) in [6.45, 7) is 4.14. The molecule has 3 nitrogen and oxygen atoms in total. The van der Waals surface area contributed by atoms with E-state index in [0.717, 1.165) is 53.9 Å². The van der Waals surface area contributed by atoms with Crippen LogP contribution < -0.4 is 4.74 Å². The van der Waals surface area contributed by atoms with Gasteiger partial charge in [0.25, 0.3) is 0 Å². The summed E-state index contributed by atoms with van der Waals surface area (Å²) < 4.78 is 12.3. The summed E-state index contributed by atoms with van der Waals surface area (Å²) in [5, 5.41) is 0. The molecule has 0 radical (unpaired) electrons. The predicted octanol–water partition coefficient (Wildman–Crippen LogP) is 6.90. The largest absolute Gasteiger partial charge is 0.481 e. The number of carbonyl (C=O) groups excluding carboxylic acids is 1. The van der Waals surface area contributed by atoms with Gasteiger partial charge in [0.2, 0.25) is 0 Å². The molecule has 0 N–H and O–H groups in total. The number of hydrogen-bond donors (Lipinski definition) is 0. The second kappa shape index (κ2) is 8.14. The van der Waals surface area contributed by atoms with Gasteiger partial charge in [-0.05, 0) is 105 Å². The van der Waals surface area contributed by atoms with Crippen LogP contribution in [0.2, 0.25) is 0 Å². The topological polar surface area (TPSA) is 35.5 Å². The molecule has 2 bridgehead atoms. The molecule has 4 aliphatic carbocycles. The Kier molecular flexibility index (Phi) is 5.08. The van der Waals surface area contributed by atoms with Crippen LogP contribution in [0, 0.1) is 37.0 Å². The summed E-state index contributed by atoms with van der Waals surface area (Å²) in [7, 11) is -0.210. The van der Waals surface area contributed by atoms with Gasteiger partial charge in [-0.1, -0.05) is 36.4 Å². The molecule has 7 rings (SSSR count). The van der Waals surface area contributed by atoms with Gasteiger partial charge in [0.15, 0.2) is 21.3 Å². The third kappa shape index (κ3) is 3.30. The smallest absolute Gasteiger partial charge is 0.344 e. The molecule has 3 aromatic carbocycles. The van der Waals surface area contributed by atoms with Gasteiger partial charge in [0.05, 0.1) is 10.9 Å². The van der Waals surface area contributed by atoms with Crippen molar-refractivity contribution < 1.29 is 14.3 Å². The molecule has 36 heavy (non-hydrogen) atoms. The first kappa shape index (κ1) is 22.5. The fourth-order valence-electron chi connectivity index (χ4n) is 8.30. The van der Waals surface area contributed by atoms with Gasteiger partial charge in [-0.25, -0.2) is 4.79 Å². The summed E-state index contributed by atoms with van der Waals surface area (Å²) in [6.07, 6.45) is 6.01. The lowest BCUT2D eigenvalue weighted by atomic mass is 9.38. The second-order valence-corrected chi connectivity index (χ2v) is 13.6. The van der Waals surface area contributed by atoms with Crippen molar-refractivity contribution >= 4 is 16.9 Å². The highest BCUT2D eigenvalue weighted by molar-refractivity contribution is 7.97. The maximum absolute atomic E-state index is 12.9. The first-order chi connectivity index (χ1) is 17.5. The Morgan fingerprint density at radius 3 is 1.89 bits per heavy atom. The number of rotatable bonds is 7. The zero-order valence-corrected chi connectivity index (χ0v) is 21.9. The number of aryl methyl sites for hydroxylation is 2. The normalized spacial score (nSPS) is 30.9. The van der Waals surface area contributed by atoms with Crippen LogP contribution in [0.1, 0.15) is 43.2 Å². The fourth-order valence-corrected chi connectivity index (χ4v) is 10.6. The van der Waals surface area contributed by atoms with Crippen LogP contribution in [0.15, 0.2) is 87.5 Å². The van der Waals surface area contributed by atoms with E-state index in [-0.39, 0.29) is 29.1 Å². The lowest BCUT2D eigenvalue weighted by molar-refractivity contribution is -0.186. The molecule has 4 saturated carbocycles. The van der Waals surface area contributed by atoms with Crippen molar-refractivity contribution in [3.05, 3.63) is 83.9 Å². The third-order valence-electron chi connectivity index (χ3n) is 9.58. The van der Waals surface area contributed by atoms with E-state index in [0.29, 0.717) is 5.41 Å². The Balaban J connectivity index is 1.09. The average molecular weight is 498 g/mol. The molecule has 0 amide bonds. The van der Waals surface area contributed by atoms with Crippen LogP contribution >= 0.6 is 0 Å². The van der Waals surface area contributed by atoms with E-state index in [9.17, 15) is 4.79 Å². The van der Waals surface area contributed by atoms with Gasteiger partial charge >= 0.3 is 5.97 Å². The molecule has 0 aliphatic heterocycles. The Hall–Kier alpha value is -2.72. The second-order valence-electron chi connectivity index (χ2n) is 11.5. The van der Waals surface area contributed by atoms with Crippen LogP contribution in [0.25, 0.3) is 0 Å². The summed E-state index contributed by atoms with van der Waals surface area (Å²) in [5.74, 6) is 3.13. The molecule has 0 saturated heterocycles. The highest BCUT2D eigenvalue weighted by Crippen LogP contribution is 2.82. The Morgan fingerprint density at radius 1 is 0.833 bits per heavy atom. The van der Waals surface area contributed by atoms with Gasteiger partial charge in [-0.2, -0.15) is 0 Å². The molecular weight excluding hydrogens is 464 g/mol. The van der Waals surface area contributed by atoms with Crippen molar-refractivity contribution in [2.24, 2.45) is 23.2 Å². The van der Waals surface area contributed by atoms with Gasteiger partial charge in [0.1, 0.15) is 11.4 Å². The van der Waals surface area contributed by atoms with E-state index in [1.54, 1.807) is 0 Å². The number of carbonyl (C=O) groups is 1. The monoisotopic (exact) mass is 497 g/mol. The zero-order valence-electron chi connectivity index (χ0n) is 21.0. The number of esters is 1. The van der Waals surface area contributed by atoms with Crippen molar-refractivity contribution in [2.75, 3.05) is 6.61 Å². The molecular formula is C32H33O3S+. The van der Waals surface area contributed by atoms with Crippen molar-refractivity contribution in [3.63, 3.8) is 0 Å². The molecule has 4 heteroatoms. The van der Waals surface area contributed by atoms with E-state index >= 15 is 0 Å². The SMILES string of the molecule is Cc1cc([S+](c2ccccc2)c2ccccc2)cc(C)c1OCC(=O)OC12CC3CC4CC(C1)C43C2. The Bertz CT molecular complexity index is 1240. The van der Waals surface area contributed by atoms with Crippen molar-refractivity contribution in [3.8, 4) is 5.75 Å². The lowest BCUT2D eigenvalue weighted by Gasteiger charge is -2.66. The highest BCUT2D eigenvalue weighted by atomic mass is 32.2. The summed E-state index contributed by atoms with van der Waals surface area (Å²) in [6, 6.07) is 25.8. The highest BCUT2D eigenvalue weighted by Gasteiger charge is 2.78. The predicted molar refractivity (Wildman–Crippen MR) is 141 cm³/mol. The number of ether oxygens (including phenoxy) is 2. The Labute approximate surface area is 216 Å². The van der Waals surface area contributed by atoms with E-state index in [4.69, 9.17) is 9.47 Å². The molecule has 2 unspecified atom stereocenters. The van der Waals surface area contributed by atoms with Crippen LogP contribution in [-0.4, -0.2) is 18.2 Å². The Morgan fingerprint density at radius 2 is 1.39 bits per heavy atom. The molecule has 0 aromatic heterocycles. The minimum absolute atomic E-state index is 0.0162. The van der Waals surface area contributed by atoms with Crippen molar-refractivity contribution in [2.45, 2.75) is 66.2 Å². The quantitative estimate of drug-likeness (QED) is 0.263. The van der Waals surface area contributed by atoms with Crippen LogP contribution in [0.5, 0.6) is 5.75 Å². The van der Waals surface area contributed by atoms with Gasteiger partial charge in [0, 0.05) is 12.1 Å². The maximum Gasteiger partial charge on any atom is 0.344 e. The van der Waals surface area contributed by atoms with E-state index in [2.05, 4.69) is 86.6 Å². The molecule has 3 aromatic rings. The summed E-state index contributed by atoms with van der Waals surface area (Å²) in [4.78, 5) is 16.8. The van der Waals surface area contributed by atoms with Crippen molar-refractivity contribution in [1.29, 1.82) is 0 Å². The first-order valence-corrected chi connectivity index (χ1v) is 14.5. The van der Waals surface area contributed by atoms with Crippen LogP contribution in [0.4, 0.5) is 0 Å². The van der Waals surface area contributed by atoms with Gasteiger partial charge in [-0.3, -0.25) is 0 Å². The third-order valence-corrected chi connectivity index (χ3v) is 11.8. The van der Waals surface area contributed by atoms with Gasteiger partial charge in [-0.15, -0.1) is 0 Å². The van der Waals surface area contributed by atoms with Gasteiger partial charge < -0.3 is 9.47 Å². The van der Waals surface area contributed by atoms with E-state index in [1.807, 2.05) is 0 Å². The minimum atomic E-state index is -0.210. The number of benzene rings is 3. The minimum Gasteiger partial charge on any atom is -0.481 e. The molecule has 0 heterocycles. The fraction of sp³-hybridized carbons (Fsp3) is 0.406. The number of hydrogen-bond acceptors (Lipinski definition) is 3. The van der Waals surface area contributed by atoms with E-state index in [1.165, 1.54) is 27.5 Å². The molecule has 184 valence electrons. The molecule has 4 fully saturated rings. The lowest BCUT2D eigenvalue weighted by Crippen LogP contribution is -2.59. The molecule has 4 aliphatic rings. The van der Waals surface area contributed by atoms with Crippen LogP contribution in [0.3, 0.4) is 0 Å². The zero-order chi connectivity index (χ0) is 24.5. The maximum atomic E-state index is 12.9. The standard InChI is InChI=1S/C32H33O3S/c1-21-13-28(36(26-9-5-3-6-10-26)27-11-7-4-8-12-27)14-22(2)30(21)34-19-29(33)35-31-17-24-15-23-16-25(18-31)32(23,24)20-31/h3-14,23-25H,15-20H2,1-2H3/q+1. The van der Waals surface area contributed by atoms with Crippen LogP contribution in [-0.2, 0) is 20.4 Å². The summed E-state index contributed by atoms with van der Waals surface area (Å²) in [5.41, 5.74) is 2.47. The van der Waals surface area contributed by atoms with E-state index < -0.39 is 0 Å². The summed E-state index contributed by atoms with van der Waals surface area (Å²) >= 11 is 0.